The molecule has 114 valence electrons. The van der Waals surface area contributed by atoms with Gasteiger partial charge in [-0.05, 0) is 30.3 Å². The van der Waals surface area contributed by atoms with Crippen LogP contribution in [0.1, 0.15) is 22.1 Å². The molecule has 0 unspecified atom stereocenters. The maximum Gasteiger partial charge on any atom is 0.344 e. The fraction of sp³-hybridized carbons (Fsp3) is 0.188. The monoisotopic (exact) mass is 303 g/mol. The van der Waals surface area contributed by atoms with Crippen LogP contribution in [0.15, 0.2) is 36.4 Å². The first-order valence-corrected chi connectivity index (χ1v) is 6.62. The van der Waals surface area contributed by atoms with Gasteiger partial charge in [0, 0.05) is 11.3 Å². The molecule has 0 amide bonds. The van der Waals surface area contributed by atoms with Crippen LogP contribution in [0.25, 0.3) is 0 Å². The fourth-order valence-corrected chi connectivity index (χ4v) is 2.44. The van der Waals surface area contributed by atoms with E-state index in [0.717, 1.165) is 0 Å². The van der Waals surface area contributed by atoms with Crippen molar-refractivity contribution in [2.75, 3.05) is 19.5 Å². The van der Waals surface area contributed by atoms with E-state index in [2.05, 4.69) is 5.32 Å². The quantitative estimate of drug-likeness (QED) is 0.879. The second-order valence-corrected chi connectivity index (χ2v) is 4.71. The molecule has 0 radical (unpaired) electrons. The van der Waals surface area contributed by atoms with Gasteiger partial charge < -0.3 is 19.5 Å². The average molecular weight is 303 g/mol. The highest BCUT2D eigenvalue weighted by molar-refractivity contribution is 5.98. The standard InChI is InChI=1S/C16H14FNO4/c1-20-12-7-6-11-13(14(12)21-2)16(19)22-15(11)18-10-5-3-4-9(17)8-10/h3-8,15,18H,1-2H3/t15-/m1/s1. The Morgan fingerprint density at radius 2 is 2.00 bits per heavy atom. The third-order valence-corrected chi connectivity index (χ3v) is 3.41. The van der Waals surface area contributed by atoms with Crippen LogP contribution in [-0.4, -0.2) is 20.2 Å². The van der Waals surface area contributed by atoms with Gasteiger partial charge in [-0.1, -0.05) is 6.07 Å². The van der Waals surface area contributed by atoms with E-state index in [1.54, 1.807) is 24.3 Å². The SMILES string of the molecule is COc1ccc2c(c1OC)C(=O)O[C@H]2Nc1cccc(F)c1. The van der Waals surface area contributed by atoms with Crippen molar-refractivity contribution in [3.8, 4) is 11.5 Å². The Hall–Kier alpha value is -2.76. The molecule has 2 aromatic rings. The summed E-state index contributed by atoms with van der Waals surface area (Å²) in [4.78, 5) is 12.1. The number of carbonyl (C=O) groups is 1. The lowest BCUT2D eigenvalue weighted by Crippen LogP contribution is -2.10. The van der Waals surface area contributed by atoms with Gasteiger partial charge in [-0.25, -0.2) is 9.18 Å². The van der Waals surface area contributed by atoms with E-state index in [1.807, 2.05) is 0 Å². The molecule has 0 bridgehead atoms. The maximum absolute atomic E-state index is 13.2. The summed E-state index contributed by atoms with van der Waals surface area (Å²) in [6.45, 7) is 0. The van der Waals surface area contributed by atoms with Crippen molar-refractivity contribution < 1.29 is 23.4 Å². The molecule has 3 rings (SSSR count). The van der Waals surface area contributed by atoms with E-state index >= 15 is 0 Å². The number of halogens is 1. The van der Waals surface area contributed by atoms with Crippen LogP contribution in [0.5, 0.6) is 11.5 Å². The lowest BCUT2D eigenvalue weighted by molar-refractivity contribution is 0.0435. The summed E-state index contributed by atoms with van der Waals surface area (Å²) in [5.41, 5.74) is 1.45. The van der Waals surface area contributed by atoms with Gasteiger partial charge in [0.05, 0.1) is 14.2 Å². The van der Waals surface area contributed by atoms with Crippen LogP contribution in [0.2, 0.25) is 0 Å². The second kappa shape index (κ2) is 5.55. The minimum absolute atomic E-state index is 0.316. The molecule has 1 aliphatic rings. The van der Waals surface area contributed by atoms with E-state index in [1.165, 1.54) is 26.4 Å². The predicted molar refractivity (Wildman–Crippen MR) is 77.7 cm³/mol. The molecule has 22 heavy (non-hydrogen) atoms. The number of esters is 1. The summed E-state index contributed by atoms with van der Waals surface area (Å²) in [7, 11) is 2.95. The van der Waals surface area contributed by atoms with Gasteiger partial charge in [0.15, 0.2) is 11.5 Å². The number of ether oxygens (including phenoxy) is 3. The highest BCUT2D eigenvalue weighted by Crippen LogP contribution is 2.41. The zero-order chi connectivity index (χ0) is 15.7. The van der Waals surface area contributed by atoms with E-state index in [0.29, 0.717) is 28.3 Å². The average Bonchev–Trinajstić information content (AvgIpc) is 2.82. The fourth-order valence-electron chi connectivity index (χ4n) is 2.44. The van der Waals surface area contributed by atoms with Gasteiger partial charge >= 0.3 is 5.97 Å². The highest BCUT2D eigenvalue weighted by atomic mass is 19.1. The van der Waals surface area contributed by atoms with Crippen molar-refractivity contribution in [3.05, 3.63) is 53.3 Å². The lowest BCUT2D eigenvalue weighted by Gasteiger charge is -2.15. The number of hydrogen-bond donors (Lipinski definition) is 1. The normalized spacial score (nSPS) is 16.0. The molecule has 1 atom stereocenters. The molecule has 0 fully saturated rings. The molecular formula is C16H14FNO4. The van der Waals surface area contributed by atoms with Gasteiger partial charge in [0.1, 0.15) is 11.4 Å². The molecule has 0 saturated carbocycles. The third kappa shape index (κ3) is 2.32. The molecule has 0 aliphatic carbocycles. The molecule has 2 aromatic carbocycles. The Kier molecular flexibility index (Phi) is 3.58. The Morgan fingerprint density at radius 3 is 2.68 bits per heavy atom. The zero-order valence-electron chi connectivity index (χ0n) is 12.1. The summed E-state index contributed by atoms with van der Waals surface area (Å²) >= 11 is 0. The summed E-state index contributed by atoms with van der Waals surface area (Å²) in [5, 5.41) is 2.98. The van der Waals surface area contributed by atoms with Crippen LogP contribution in [0.3, 0.4) is 0 Å². The van der Waals surface area contributed by atoms with E-state index in [9.17, 15) is 9.18 Å². The largest absolute Gasteiger partial charge is 0.493 e. The van der Waals surface area contributed by atoms with E-state index in [4.69, 9.17) is 14.2 Å². The van der Waals surface area contributed by atoms with Gasteiger partial charge in [0.2, 0.25) is 6.23 Å². The Morgan fingerprint density at radius 1 is 1.18 bits per heavy atom. The molecule has 1 aliphatic heterocycles. The van der Waals surface area contributed by atoms with Crippen molar-refractivity contribution in [1.29, 1.82) is 0 Å². The van der Waals surface area contributed by atoms with Crippen molar-refractivity contribution >= 4 is 11.7 Å². The molecule has 5 nitrogen and oxygen atoms in total. The van der Waals surface area contributed by atoms with Crippen LogP contribution < -0.4 is 14.8 Å². The van der Waals surface area contributed by atoms with Crippen molar-refractivity contribution in [1.82, 2.24) is 0 Å². The minimum atomic E-state index is -0.705. The topological polar surface area (TPSA) is 56.8 Å². The molecule has 0 saturated heterocycles. The molecular weight excluding hydrogens is 289 g/mol. The first kappa shape index (κ1) is 14.2. The number of hydrogen-bond acceptors (Lipinski definition) is 5. The third-order valence-electron chi connectivity index (χ3n) is 3.41. The molecule has 1 N–H and O–H groups in total. The number of benzene rings is 2. The van der Waals surface area contributed by atoms with Crippen LogP contribution in [-0.2, 0) is 4.74 Å². The molecule has 0 spiro atoms. The van der Waals surface area contributed by atoms with Crippen LogP contribution in [0.4, 0.5) is 10.1 Å². The minimum Gasteiger partial charge on any atom is -0.493 e. The van der Waals surface area contributed by atoms with Crippen LogP contribution >= 0.6 is 0 Å². The Balaban J connectivity index is 1.98. The molecule has 6 heteroatoms. The number of carbonyl (C=O) groups excluding carboxylic acids is 1. The van der Waals surface area contributed by atoms with E-state index in [-0.39, 0.29) is 5.82 Å². The highest BCUT2D eigenvalue weighted by Gasteiger charge is 2.35. The van der Waals surface area contributed by atoms with Gasteiger partial charge in [-0.2, -0.15) is 0 Å². The Labute approximate surface area is 126 Å². The number of cyclic esters (lactones) is 1. The van der Waals surface area contributed by atoms with Crippen molar-refractivity contribution in [2.45, 2.75) is 6.23 Å². The van der Waals surface area contributed by atoms with Gasteiger partial charge in [-0.15, -0.1) is 0 Å². The zero-order valence-corrected chi connectivity index (χ0v) is 12.1. The molecule has 0 aromatic heterocycles. The van der Waals surface area contributed by atoms with Gasteiger partial charge in [0.25, 0.3) is 0 Å². The van der Waals surface area contributed by atoms with Crippen molar-refractivity contribution in [3.63, 3.8) is 0 Å². The van der Waals surface area contributed by atoms with Gasteiger partial charge in [-0.3, -0.25) is 0 Å². The first-order chi connectivity index (χ1) is 10.6. The first-order valence-electron chi connectivity index (χ1n) is 6.62. The smallest absolute Gasteiger partial charge is 0.344 e. The maximum atomic E-state index is 13.2. The number of fused-ring (bicyclic) bond motifs is 1. The number of methoxy groups -OCH3 is 2. The van der Waals surface area contributed by atoms with E-state index < -0.39 is 12.2 Å². The summed E-state index contributed by atoms with van der Waals surface area (Å²) in [6, 6.07) is 9.35. The number of rotatable bonds is 4. The lowest BCUT2D eigenvalue weighted by atomic mass is 10.1. The summed E-state index contributed by atoms with van der Waals surface area (Å²) in [6.07, 6.45) is -0.705. The molecule has 1 heterocycles. The number of nitrogens with one attached hydrogen (secondary N) is 1. The Bertz CT molecular complexity index is 732. The number of anilines is 1. The summed E-state index contributed by atoms with van der Waals surface area (Å²) < 4.78 is 29.0. The second-order valence-electron chi connectivity index (χ2n) is 4.71. The van der Waals surface area contributed by atoms with Crippen LogP contribution in [0, 0.1) is 5.82 Å². The summed E-state index contributed by atoms with van der Waals surface area (Å²) in [5.74, 6) is -0.111. The van der Waals surface area contributed by atoms with Crippen molar-refractivity contribution in [2.24, 2.45) is 0 Å². The predicted octanol–water partition coefficient (Wildman–Crippen LogP) is 3.12.